The number of aliphatic hydroxyl groups is 1. The molecule has 0 amide bonds. The van der Waals surface area contributed by atoms with Gasteiger partial charge in [0.25, 0.3) is 0 Å². The maximum Gasteiger partial charge on any atom is 0.0834 e. The third-order valence-electron chi connectivity index (χ3n) is 5.62. The van der Waals surface area contributed by atoms with Gasteiger partial charge in [-0.3, -0.25) is 4.90 Å². The number of fused-ring (bicyclic) bond motifs is 2. The molecular formula is C17H24N2O2. The Morgan fingerprint density at radius 3 is 2.62 bits per heavy atom. The minimum Gasteiger partial charge on any atom is -0.390 e. The maximum absolute atomic E-state index is 11.2. The van der Waals surface area contributed by atoms with Crippen molar-refractivity contribution in [3.63, 3.8) is 0 Å². The van der Waals surface area contributed by atoms with Gasteiger partial charge >= 0.3 is 0 Å². The number of morpholine rings is 1. The Morgan fingerprint density at radius 1 is 1.14 bits per heavy atom. The van der Waals surface area contributed by atoms with Crippen LogP contribution in [-0.2, 0) is 10.2 Å². The van der Waals surface area contributed by atoms with Crippen LogP contribution in [0.1, 0.15) is 30.0 Å². The Morgan fingerprint density at radius 2 is 1.86 bits per heavy atom. The summed E-state index contributed by atoms with van der Waals surface area (Å²) in [7, 11) is 0. The van der Waals surface area contributed by atoms with Crippen LogP contribution in [0, 0.1) is 0 Å². The molecule has 2 heterocycles. The molecule has 114 valence electrons. The fraction of sp³-hybridized carbons (Fsp3) is 0.647. The Labute approximate surface area is 126 Å². The topological polar surface area (TPSA) is 44.7 Å². The lowest BCUT2D eigenvalue weighted by Crippen LogP contribution is -2.50. The number of piperidine rings is 1. The van der Waals surface area contributed by atoms with Crippen LogP contribution in [0.15, 0.2) is 24.3 Å². The molecule has 3 aliphatic rings. The van der Waals surface area contributed by atoms with E-state index in [2.05, 4.69) is 34.5 Å². The summed E-state index contributed by atoms with van der Waals surface area (Å²) >= 11 is 0. The fourth-order valence-electron chi connectivity index (χ4n) is 4.53. The molecule has 1 aromatic rings. The molecular weight excluding hydrogens is 264 g/mol. The molecule has 1 aliphatic carbocycles. The predicted molar refractivity (Wildman–Crippen MR) is 81.4 cm³/mol. The monoisotopic (exact) mass is 288 g/mol. The smallest absolute Gasteiger partial charge is 0.0834 e. The first-order chi connectivity index (χ1) is 10.3. The van der Waals surface area contributed by atoms with E-state index in [0.717, 1.165) is 52.2 Å². The van der Waals surface area contributed by atoms with Gasteiger partial charge in [-0.1, -0.05) is 24.3 Å². The van der Waals surface area contributed by atoms with Gasteiger partial charge in [-0.05, 0) is 37.1 Å². The second kappa shape index (κ2) is 5.36. The zero-order chi connectivity index (χ0) is 14.3. The number of rotatable bonds is 1. The number of aliphatic hydroxyl groups excluding tert-OH is 1. The number of ether oxygens (including phenoxy) is 1. The van der Waals surface area contributed by atoms with E-state index in [0.29, 0.717) is 0 Å². The Bertz CT molecular complexity index is 507. The van der Waals surface area contributed by atoms with Crippen molar-refractivity contribution in [2.24, 2.45) is 0 Å². The fourth-order valence-corrected chi connectivity index (χ4v) is 4.53. The standard InChI is InChI=1S/C17H24N2O2/c20-16-15(19-9-11-21-12-10-19)13-3-1-2-4-14(13)17(16)5-7-18-8-6-17/h1-4,15-16,18,20H,5-12H2/t15-,16+/m0/s1. The second-order valence-corrected chi connectivity index (χ2v) is 6.53. The molecule has 0 bridgehead atoms. The van der Waals surface area contributed by atoms with Crippen molar-refractivity contribution in [1.82, 2.24) is 10.2 Å². The SMILES string of the molecule is O[C@@H]1[C@@H](N2CCOCC2)c2ccccc2C12CCNCC2. The molecule has 0 saturated carbocycles. The van der Waals surface area contributed by atoms with Crippen molar-refractivity contribution < 1.29 is 9.84 Å². The van der Waals surface area contributed by atoms with E-state index in [1.54, 1.807) is 0 Å². The third kappa shape index (κ3) is 2.05. The van der Waals surface area contributed by atoms with Crippen LogP contribution in [0.2, 0.25) is 0 Å². The molecule has 0 radical (unpaired) electrons. The summed E-state index contributed by atoms with van der Waals surface area (Å²) in [6, 6.07) is 8.83. The van der Waals surface area contributed by atoms with Crippen LogP contribution in [0.25, 0.3) is 0 Å². The Kier molecular flexibility index (Phi) is 3.50. The molecule has 2 aliphatic heterocycles. The number of nitrogens with zero attached hydrogens (tertiary/aromatic N) is 1. The number of benzene rings is 1. The zero-order valence-corrected chi connectivity index (χ0v) is 12.4. The normalized spacial score (nSPS) is 32.2. The molecule has 2 saturated heterocycles. The molecule has 2 fully saturated rings. The van der Waals surface area contributed by atoms with Crippen LogP contribution in [0.5, 0.6) is 0 Å². The summed E-state index contributed by atoms with van der Waals surface area (Å²) in [5.74, 6) is 0. The highest BCUT2D eigenvalue weighted by Gasteiger charge is 2.53. The minimum atomic E-state index is -0.296. The lowest BCUT2D eigenvalue weighted by Gasteiger charge is -2.41. The number of nitrogens with one attached hydrogen (secondary N) is 1. The van der Waals surface area contributed by atoms with Crippen molar-refractivity contribution in [1.29, 1.82) is 0 Å². The van der Waals surface area contributed by atoms with Gasteiger partial charge in [-0.25, -0.2) is 0 Å². The van der Waals surface area contributed by atoms with Gasteiger partial charge in [0, 0.05) is 18.5 Å². The first kappa shape index (κ1) is 13.7. The van der Waals surface area contributed by atoms with Crippen LogP contribution < -0.4 is 5.32 Å². The first-order valence-corrected chi connectivity index (χ1v) is 8.13. The summed E-state index contributed by atoms with van der Waals surface area (Å²) in [6.45, 7) is 5.40. The Hall–Kier alpha value is -0.940. The summed E-state index contributed by atoms with van der Waals surface area (Å²) in [4.78, 5) is 2.42. The number of hydrogen-bond acceptors (Lipinski definition) is 4. The summed E-state index contributed by atoms with van der Waals surface area (Å²) in [5.41, 5.74) is 2.68. The van der Waals surface area contributed by atoms with Gasteiger partial charge < -0.3 is 15.2 Å². The van der Waals surface area contributed by atoms with Gasteiger partial charge in [-0.2, -0.15) is 0 Å². The maximum atomic E-state index is 11.2. The largest absolute Gasteiger partial charge is 0.390 e. The van der Waals surface area contributed by atoms with Crippen LogP contribution >= 0.6 is 0 Å². The van der Waals surface area contributed by atoms with Crippen LogP contribution in [0.4, 0.5) is 0 Å². The quantitative estimate of drug-likeness (QED) is 0.811. The van der Waals surface area contributed by atoms with Crippen LogP contribution in [0.3, 0.4) is 0 Å². The average molecular weight is 288 g/mol. The van der Waals surface area contributed by atoms with Crippen molar-refractivity contribution in [2.45, 2.75) is 30.4 Å². The van der Waals surface area contributed by atoms with E-state index in [1.807, 2.05) is 0 Å². The van der Waals surface area contributed by atoms with Crippen LogP contribution in [-0.4, -0.2) is 55.5 Å². The van der Waals surface area contributed by atoms with Crippen molar-refractivity contribution in [3.05, 3.63) is 35.4 Å². The lowest BCUT2D eigenvalue weighted by atomic mass is 9.72. The molecule has 21 heavy (non-hydrogen) atoms. The number of hydrogen-bond donors (Lipinski definition) is 2. The predicted octanol–water partition coefficient (Wildman–Crippen LogP) is 1.06. The molecule has 4 heteroatoms. The summed E-state index contributed by atoms with van der Waals surface area (Å²) < 4.78 is 5.49. The van der Waals surface area contributed by atoms with E-state index in [-0.39, 0.29) is 17.6 Å². The molecule has 1 aromatic carbocycles. The second-order valence-electron chi connectivity index (χ2n) is 6.53. The van der Waals surface area contributed by atoms with Gasteiger partial charge in [-0.15, -0.1) is 0 Å². The van der Waals surface area contributed by atoms with Gasteiger partial charge in [0.2, 0.25) is 0 Å². The highest BCUT2D eigenvalue weighted by molar-refractivity contribution is 5.45. The van der Waals surface area contributed by atoms with Crippen molar-refractivity contribution in [2.75, 3.05) is 39.4 Å². The van der Waals surface area contributed by atoms with E-state index in [9.17, 15) is 5.11 Å². The molecule has 4 rings (SSSR count). The summed E-state index contributed by atoms with van der Waals surface area (Å²) in [5, 5.41) is 14.7. The molecule has 2 N–H and O–H groups in total. The first-order valence-electron chi connectivity index (χ1n) is 8.13. The van der Waals surface area contributed by atoms with Crippen molar-refractivity contribution in [3.8, 4) is 0 Å². The van der Waals surface area contributed by atoms with E-state index >= 15 is 0 Å². The molecule has 0 aromatic heterocycles. The highest BCUT2D eigenvalue weighted by Crippen LogP contribution is 2.52. The molecule has 4 nitrogen and oxygen atoms in total. The van der Waals surface area contributed by atoms with Gasteiger partial charge in [0.1, 0.15) is 0 Å². The highest BCUT2D eigenvalue weighted by atomic mass is 16.5. The van der Waals surface area contributed by atoms with Crippen molar-refractivity contribution >= 4 is 0 Å². The zero-order valence-electron chi connectivity index (χ0n) is 12.4. The molecule has 1 spiro atoms. The third-order valence-corrected chi connectivity index (χ3v) is 5.62. The Balaban J connectivity index is 1.75. The van der Waals surface area contributed by atoms with Gasteiger partial charge in [0.15, 0.2) is 0 Å². The average Bonchev–Trinajstić information content (AvgIpc) is 2.79. The van der Waals surface area contributed by atoms with E-state index < -0.39 is 0 Å². The van der Waals surface area contributed by atoms with E-state index in [4.69, 9.17) is 4.74 Å². The van der Waals surface area contributed by atoms with E-state index in [1.165, 1.54) is 11.1 Å². The molecule has 2 atom stereocenters. The van der Waals surface area contributed by atoms with Gasteiger partial charge in [0.05, 0.1) is 25.4 Å². The lowest BCUT2D eigenvalue weighted by molar-refractivity contribution is -0.0427. The summed E-state index contributed by atoms with van der Waals surface area (Å²) in [6.07, 6.45) is 1.77. The minimum absolute atomic E-state index is 0.0508. The molecule has 0 unspecified atom stereocenters.